The summed E-state index contributed by atoms with van der Waals surface area (Å²) in [6, 6.07) is -6.17. The molecular formula is C20H30N4O11. The molecule has 15 heteroatoms. The van der Waals surface area contributed by atoms with E-state index in [-0.39, 0.29) is 6.29 Å². The van der Waals surface area contributed by atoms with Crippen LogP contribution in [0.5, 0.6) is 0 Å². The third-order valence-corrected chi connectivity index (χ3v) is 4.72. The number of aliphatic carboxylic acids is 3. The molecule has 0 rings (SSSR count). The van der Waals surface area contributed by atoms with Crippen LogP contribution in [0.25, 0.3) is 0 Å². The highest BCUT2D eigenvalue weighted by Gasteiger charge is 2.38. The van der Waals surface area contributed by atoms with Crippen LogP contribution in [0.3, 0.4) is 0 Å². The largest absolute Gasteiger partial charge is 0.481 e. The van der Waals surface area contributed by atoms with Gasteiger partial charge in [-0.05, 0) is 12.3 Å². The summed E-state index contributed by atoms with van der Waals surface area (Å²) in [5.74, 6) is -9.05. The second-order valence-corrected chi connectivity index (χ2v) is 7.97. The zero-order valence-electron chi connectivity index (χ0n) is 19.4. The first-order valence-corrected chi connectivity index (χ1v) is 10.4. The van der Waals surface area contributed by atoms with Gasteiger partial charge in [0.15, 0.2) is 0 Å². The van der Waals surface area contributed by atoms with Crippen LogP contribution in [-0.4, -0.2) is 92.2 Å². The van der Waals surface area contributed by atoms with Crippen LogP contribution in [-0.2, 0) is 38.4 Å². The molecule has 7 N–H and O–H groups in total. The molecule has 0 radical (unpaired) electrons. The molecule has 0 aromatic carbocycles. The summed E-state index contributed by atoms with van der Waals surface area (Å²) in [4.78, 5) is 95.0. The molecule has 1 unspecified atom stereocenters. The van der Waals surface area contributed by atoms with Crippen molar-refractivity contribution in [3.8, 4) is 0 Å². The lowest BCUT2D eigenvalue weighted by atomic mass is 9.98. The lowest BCUT2D eigenvalue weighted by molar-refractivity contribution is -0.150. The van der Waals surface area contributed by atoms with E-state index >= 15 is 0 Å². The minimum Gasteiger partial charge on any atom is -0.481 e. The third kappa shape index (κ3) is 10.7. The van der Waals surface area contributed by atoms with Crippen LogP contribution in [0.4, 0.5) is 0 Å². The highest BCUT2D eigenvalue weighted by atomic mass is 16.4. The van der Waals surface area contributed by atoms with Gasteiger partial charge in [0.05, 0.1) is 24.9 Å². The molecule has 0 aliphatic rings. The van der Waals surface area contributed by atoms with Gasteiger partial charge in [0, 0.05) is 13.3 Å². The maximum Gasteiger partial charge on any atom is 0.305 e. The molecule has 0 bridgehead atoms. The molecule has 4 amide bonds. The number of aldehydes is 1. The molecular weight excluding hydrogens is 472 g/mol. The van der Waals surface area contributed by atoms with Gasteiger partial charge in [-0.25, -0.2) is 0 Å². The third-order valence-electron chi connectivity index (χ3n) is 4.72. The quantitative estimate of drug-likeness (QED) is 0.129. The van der Waals surface area contributed by atoms with Crippen LogP contribution < -0.4 is 16.4 Å². The van der Waals surface area contributed by atoms with Crippen molar-refractivity contribution in [1.82, 2.24) is 15.5 Å². The van der Waals surface area contributed by atoms with Gasteiger partial charge < -0.3 is 36.1 Å². The summed E-state index contributed by atoms with van der Waals surface area (Å²) in [6.45, 7) is 3.95. The van der Waals surface area contributed by atoms with Crippen molar-refractivity contribution in [2.45, 2.75) is 70.6 Å². The van der Waals surface area contributed by atoms with Gasteiger partial charge >= 0.3 is 17.9 Å². The predicted molar refractivity (Wildman–Crippen MR) is 115 cm³/mol. The molecule has 0 heterocycles. The normalized spacial score (nSPS) is 14.1. The highest BCUT2D eigenvalue weighted by molar-refractivity contribution is 6.03. The number of imide groups is 1. The molecule has 0 saturated heterocycles. The summed E-state index contributed by atoms with van der Waals surface area (Å²) in [7, 11) is 0. The van der Waals surface area contributed by atoms with E-state index in [0.29, 0.717) is 0 Å². The monoisotopic (exact) mass is 502 g/mol. The predicted octanol–water partition coefficient (Wildman–Crippen LogP) is -2.30. The summed E-state index contributed by atoms with van der Waals surface area (Å²) in [6.07, 6.45) is -2.50. The van der Waals surface area contributed by atoms with Crippen molar-refractivity contribution in [2.24, 2.45) is 11.7 Å². The molecule has 4 atom stereocenters. The number of carbonyl (C=O) groups excluding carboxylic acids is 5. The first-order valence-electron chi connectivity index (χ1n) is 10.4. The van der Waals surface area contributed by atoms with Crippen molar-refractivity contribution >= 4 is 47.8 Å². The van der Waals surface area contributed by atoms with Crippen LogP contribution >= 0.6 is 0 Å². The zero-order valence-corrected chi connectivity index (χ0v) is 19.4. The van der Waals surface area contributed by atoms with Gasteiger partial charge in [-0.2, -0.15) is 0 Å². The number of hydrogen-bond donors (Lipinski definition) is 6. The summed E-state index contributed by atoms with van der Waals surface area (Å²) >= 11 is 0. The van der Waals surface area contributed by atoms with Crippen molar-refractivity contribution in [2.75, 3.05) is 0 Å². The van der Waals surface area contributed by atoms with Gasteiger partial charge in [0.25, 0.3) is 0 Å². The average Bonchev–Trinajstić information content (AvgIpc) is 2.71. The Morgan fingerprint density at radius 1 is 0.886 bits per heavy atom. The number of nitrogens with zero attached hydrogens (tertiary/aromatic N) is 1. The summed E-state index contributed by atoms with van der Waals surface area (Å²) < 4.78 is 0. The van der Waals surface area contributed by atoms with E-state index in [1.54, 1.807) is 0 Å². The Labute approximate surface area is 200 Å². The average molecular weight is 502 g/mol. The summed E-state index contributed by atoms with van der Waals surface area (Å²) in [5, 5.41) is 30.7. The summed E-state index contributed by atoms with van der Waals surface area (Å²) in [5.41, 5.74) is 5.44. The van der Waals surface area contributed by atoms with E-state index in [1.165, 1.54) is 13.8 Å². The minimum atomic E-state index is -1.61. The van der Waals surface area contributed by atoms with Crippen molar-refractivity contribution in [3.05, 3.63) is 0 Å². The van der Waals surface area contributed by atoms with E-state index < -0.39 is 97.3 Å². The lowest BCUT2D eigenvalue weighted by Crippen LogP contribution is -2.59. The number of carbonyl (C=O) groups is 8. The number of amides is 4. The molecule has 196 valence electrons. The number of carboxylic acids is 3. The van der Waals surface area contributed by atoms with E-state index in [4.69, 9.17) is 21.1 Å². The van der Waals surface area contributed by atoms with E-state index in [9.17, 15) is 38.4 Å². The number of hydrogen-bond acceptors (Lipinski definition) is 9. The second kappa shape index (κ2) is 14.4. The van der Waals surface area contributed by atoms with Gasteiger partial charge in [-0.15, -0.1) is 0 Å². The Kier molecular flexibility index (Phi) is 12.8. The van der Waals surface area contributed by atoms with Crippen LogP contribution in [0.15, 0.2) is 0 Å². The molecule has 35 heavy (non-hydrogen) atoms. The fourth-order valence-corrected chi connectivity index (χ4v) is 3.16. The van der Waals surface area contributed by atoms with Crippen LogP contribution in [0.1, 0.15) is 46.5 Å². The van der Waals surface area contributed by atoms with Crippen molar-refractivity contribution in [3.63, 3.8) is 0 Å². The fourth-order valence-electron chi connectivity index (χ4n) is 3.16. The topological polar surface area (TPSA) is 251 Å². The molecule has 15 nitrogen and oxygen atoms in total. The Balaban J connectivity index is 5.87. The Morgan fingerprint density at radius 2 is 1.43 bits per heavy atom. The maximum absolute atomic E-state index is 12.9. The molecule has 0 aliphatic heterocycles. The molecule has 0 fully saturated rings. The molecule has 0 aromatic rings. The van der Waals surface area contributed by atoms with Crippen molar-refractivity contribution < 1.29 is 53.7 Å². The van der Waals surface area contributed by atoms with Gasteiger partial charge in [-0.1, -0.05) is 13.8 Å². The molecule has 0 saturated carbocycles. The molecule has 0 spiro atoms. The highest BCUT2D eigenvalue weighted by Crippen LogP contribution is 2.17. The Bertz CT molecular complexity index is 858. The minimum absolute atomic E-state index is 0.180. The lowest BCUT2D eigenvalue weighted by Gasteiger charge is -2.36. The number of rotatable bonds is 15. The number of nitrogens with one attached hydrogen (secondary N) is 2. The fraction of sp³-hybridized carbons (Fsp3) is 0.600. The first-order chi connectivity index (χ1) is 16.1. The Morgan fingerprint density at radius 3 is 1.83 bits per heavy atom. The van der Waals surface area contributed by atoms with Gasteiger partial charge in [-0.3, -0.25) is 38.9 Å². The number of carboxylic acid groups (broad SMARTS) is 3. The van der Waals surface area contributed by atoms with Gasteiger partial charge in [0.2, 0.25) is 23.6 Å². The van der Waals surface area contributed by atoms with E-state index in [2.05, 4.69) is 5.32 Å². The standard InChI is InChI=1S/C20H30N4O11/c1-9(2)17(24(10(3)26)11(8-25)6-15(29)30)20(35)23-19(34)13(4-5-14(27)28)22-18(33)12(21)7-16(31)32/h8-9,11-13,17H,4-7,21H2,1-3H3,(H,22,33)(H,27,28)(H,29,30)(H,31,32)(H,23,34,35)/t11?,12-,13-,17-/m0/s1. The maximum atomic E-state index is 12.9. The van der Waals surface area contributed by atoms with E-state index in [0.717, 1.165) is 11.8 Å². The van der Waals surface area contributed by atoms with E-state index in [1.807, 2.05) is 5.32 Å². The van der Waals surface area contributed by atoms with Crippen LogP contribution in [0.2, 0.25) is 0 Å². The molecule has 0 aromatic heterocycles. The smallest absolute Gasteiger partial charge is 0.305 e. The SMILES string of the molecule is CC(=O)N(C(C=O)CC(=O)O)[C@H](C(=O)NC(=O)[C@H](CCC(=O)O)NC(=O)[C@@H](N)CC(=O)O)C(C)C. The Hall–Kier alpha value is -3.88. The second-order valence-electron chi connectivity index (χ2n) is 7.97. The number of nitrogens with two attached hydrogens (primary N) is 1. The van der Waals surface area contributed by atoms with Gasteiger partial charge in [0.1, 0.15) is 18.4 Å². The zero-order chi connectivity index (χ0) is 27.5. The van der Waals surface area contributed by atoms with Crippen LogP contribution in [0, 0.1) is 5.92 Å². The molecule has 0 aliphatic carbocycles. The van der Waals surface area contributed by atoms with Crippen molar-refractivity contribution in [1.29, 1.82) is 0 Å². The first kappa shape index (κ1) is 31.1.